The molecule has 0 amide bonds. The molecule has 32 heavy (non-hydrogen) atoms. The smallest absolute Gasteiger partial charge is 0.337 e. The Morgan fingerprint density at radius 3 is 2.59 bits per heavy atom. The van der Waals surface area contributed by atoms with Crippen LogP contribution in [0.3, 0.4) is 0 Å². The van der Waals surface area contributed by atoms with Crippen molar-refractivity contribution in [3.63, 3.8) is 0 Å². The predicted molar refractivity (Wildman–Crippen MR) is 129 cm³/mol. The van der Waals surface area contributed by atoms with Crippen molar-refractivity contribution in [2.75, 3.05) is 30.9 Å². The van der Waals surface area contributed by atoms with E-state index in [0.717, 1.165) is 17.9 Å². The topological polar surface area (TPSA) is 68.7 Å². The maximum absolute atomic E-state index is 11.5. The molecule has 1 aliphatic heterocycles. The molecular formula is C26H30N4O2. The minimum absolute atomic E-state index is 0.163. The van der Waals surface area contributed by atoms with Gasteiger partial charge in [-0.3, -0.25) is 9.88 Å². The fourth-order valence-corrected chi connectivity index (χ4v) is 4.31. The first kappa shape index (κ1) is 21.8. The number of carboxylic acid groups (broad SMARTS) is 1. The van der Waals surface area contributed by atoms with E-state index in [1.54, 1.807) is 6.20 Å². The average molecular weight is 431 g/mol. The molecule has 0 bridgehead atoms. The van der Waals surface area contributed by atoms with Crippen LogP contribution >= 0.6 is 0 Å². The third kappa shape index (κ3) is 4.32. The molecule has 3 aromatic rings. The summed E-state index contributed by atoms with van der Waals surface area (Å²) in [5.41, 5.74) is 7.01. The molecule has 2 N–H and O–H groups in total. The van der Waals surface area contributed by atoms with Crippen molar-refractivity contribution in [2.45, 2.75) is 32.4 Å². The minimum atomic E-state index is -0.954. The number of carbonyl (C=O) groups is 1. The molecule has 2 aromatic carbocycles. The normalized spacial score (nSPS) is 15.6. The molecule has 6 nitrogen and oxygen atoms in total. The van der Waals surface area contributed by atoms with Gasteiger partial charge in [-0.1, -0.05) is 32.0 Å². The monoisotopic (exact) mass is 430 g/mol. The van der Waals surface area contributed by atoms with E-state index in [4.69, 9.17) is 0 Å². The predicted octanol–water partition coefficient (Wildman–Crippen LogP) is 5.27. The van der Waals surface area contributed by atoms with Crippen molar-refractivity contribution >= 4 is 23.0 Å². The van der Waals surface area contributed by atoms with Crippen molar-refractivity contribution in [3.05, 3.63) is 83.2 Å². The Hall–Kier alpha value is -3.38. The van der Waals surface area contributed by atoms with E-state index >= 15 is 0 Å². The number of fused-ring (bicyclic) bond motifs is 1. The number of nitrogens with zero attached hydrogens (tertiary/aromatic N) is 3. The Morgan fingerprint density at radius 2 is 1.91 bits per heavy atom. The lowest BCUT2D eigenvalue weighted by Gasteiger charge is -2.23. The van der Waals surface area contributed by atoms with Crippen molar-refractivity contribution in [1.29, 1.82) is 0 Å². The lowest BCUT2D eigenvalue weighted by Crippen LogP contribution is -2.24. The summed E-state index contributed by atoms with van der Waals surface area (Å²) in [5, 5.41) is 12.7. The van der Waals surface area contributed by atoms with Crippen molar-refractivity contribution in [3.8, 4) is 0 Å². The largest absolute Gasteiger partial charge is 0.478 e. The highest BCUT2D eigenvalue weighted by Crippen LogP contribution is 2.36. The van der Waals surface area contributed by atoms with Gasteiger partial charge in [0.25, 0.3) is 0 Å². The molecular weight excluding hydrogens is 400 g/mol. The molecule has 0 aliphatic carbocycles. The van der Waals surface area contributed by atoms with Crippen LogP contribution in [0.15, 0.2) is 60.9 Å². The number of carboxylic acids is 1. The van der Waals surface area contributed by atoms with E-state index in [-0.39, 0.29) is 11.6 Å². The third-order valence-electron chi connectivity index (χ3n) is 6.31. The Balaban J connectivity index is 1.51. The molecule has 0 saturated heterocycles. The van der Waals surface area contributed by atoms with E-state index in [9.17, 15) is 9.90 Å². The molecule has 1 aromatic heterocycles. The zero-order valence-electron chi connectivity index (χ0n) is 19.0. The van der Waals surface area contributed by atoms with Crippen LogP contribution in [0.25, 0.3) is 0 Å². The van der Waals surface area contributed by atoms with E-state index in [0.29, 0.717) is 18.2 Å². The molecule has 2 heterocycles. The lowest BCUT2D eigenvalue weighted by atomic mass is 10.0. The van der Waals surface area contributed by atoms with Gasteiger partial charge in [-0.25, -0.2) is 4.79 Å². The molecule has 6 heteroatoms. The second-order valence-corrected chi connectivity index (χ2v) is 8.73. The highest BCUT2D eigenvalue weighted by atomic mass is 16.4. The number of benzene rings is 2. The van der Waals surface area contributed by atoms with Crippen LogP contribution in [0.4, 0.5) is 17.1 Å². The number of anilines is 3. The summed E-state index contributed by atoms with van der Waals surface area (Å²) in [6.45, 7) is 5.88. The van der Waals surface area contributed by atoms with E-state index in [1.807, 2.05) is 0 Å². The molecule has 0 saturated carbocycles. The quantitative estimate of drug-likeness (QED) is 0.532. The van der Waals surface area contributed by atoms with E-state index in [1.165, 1.54) is 29.0 Å². The van der Waals surface area contributed by atoms with E-state index < -0.39 is 5.97 Å². The summed E-state index contributed by atoms with van der Waals surface area (Å²) >= 11 is 0. The highest BCUT2D eigenvalue weighted by Gasteiger charge is 2.28. The van der Waals surface area contributed by atoms with Gasteiger partial charge >= 0.3 is 5.97 Å². The number of rotatable bonds is 7. The number of pyridine rings is 1. The van der Waals surface area contributed by atoms with Gasteiger partial charge in [0.15, 0.2) is 0 Å². The summed E-state index contributed by atoms with van der Waals surface area (Å²) in [7, 11) is 4.20. The Morgan fingerprint density at radius 1 is 1.19 bits per heavy atom. The van der Waals surface area contributed by atoms with Gasteiger partial charge in [-0.05, 0) is 60.0 Å². The Labute approximate surface area is 189 Å². The van der Waals surface area contributed by atoms with Crippen LogP contribution in [-0.2, 0) is 6.54 Å². The summed E-state index contributed by atoms with van der Waals surface area (Å²) in [6, 6.07) is 17.0. The molecule has 0 fully saturated rings. The summed E-state index contributed by atoms with van der Waals surface area (Å²) in [5.74, 6) is -0.433. The molecule has 0 radical (unpaired) electrons. The second kappa shape index (κ2) is 9.01. The molecule has 0 spiro atoms. The minimum Gasteiger partial charge on any atom is -0.478 e. The van der Waals surface area contributed by atoms with Gasteiger partial charge < -0.3 is 15.3 Å². The van der Waals surface area contributed by atoms with Gasteiger partial charge in [-0.2, -0.15) is 0 Å². The molecule has 0 unspecified atom stereocenters. The SMILES string of the molecule is CC(C)c1ccc(N(C)c2ccc3c(c2)CN(C)[C@@H]3CNc2cnccc2C(=O)O)cc1. The highest BCUT2D eigenvalue weighted by molar-refractivity contribution is 5.93. The van der Waals surface area contributed by atoms with Crippen LogP contribution in [0, 0.1) is 0 Å². The number of aromatic carboxylic acids is 1. The first-order valence-electron chi connectivity index (χ1n) is 10.9. The number of nitrogens with one attached hydrogen (secondary N) is 1. The number of hydrogen-bond acceptors (Lipinski definition) is 5. The molecule has 1 aliphatic rings. The van der Waals surface area contributed by atoms with Gasteiger partial charge in [0, 0.05) is 37.7 Å². The van der Waals surface area contributed by atoms with Crippen LogP contribution in [0.1, 0.15) is 52.9 Å². The van der Waals surface area contributed by atoms with Gasteiger partial charge in [0.2, 0.25) is 0 Å². The summed E-state index contributed by atoms with van der Waals surface area (Å²) in [4.78, 5) is 20.0. The average Bonchev–Trinajstić information content (AvgIpc) is 3.11. The van der Waals surface area contributed by atoms with Gasteiger partial charge in [-0.15, -0.1) is 0 Å². The maximum Gasteiger partial charge on any atom is 0.337 e. The van der Waals surface area contributed by atoms with Crippen molar-refractivity contribution in [1.82, 2.24) is 9.88 Å². The number of likely N-dealkylation sites (N-methyl/N-ethyl adjacent to an activating group) is 1. The van der Waals surface area contributed by atoms with Gasteiger partial charge in [0.1, 0.15) is 0 Å². The van der Waals surface area contributed by atoms with E-state index in [2.05, 4.69) is 90.5 Å². The first-order valence-corrected chi connectivity index (χ1v) is 10.9. The fraction of sp³-hybridized carbons (Fsp3) is 0.308. The standard InChI is InChI=1S/C26H30N4O2/c1-17(2)18-5-7-20(8-6-18)30(4)21-9-10-22-19(13-21)16-29(3)25(22)15-28-24-14-27-12-11-23(24)26(31)32/h5-14,17,25,28H,15-16H2,1-4H3,(H,31,32)/t25-/m1/s1. The number of aromatic nitrogens is 1. The van der Waals surface area contributed by atoms with Crippen molar-refractivity contribution in [2.24, 2.45) is 0 Å². The molecule has 166 valence electrons. The zero-order valence-corrected chi connectivity index (χ0v) is 19.0. The Bertz CT molecular complexity index is 1110. The zero-order chi connectivity index (χ0) is 22.8. The maximum atomic E-state index is 11.5. The van der Waals surface area contributed by atoms with Crippen LogP contribution in [0.2, 0.25) is 0 Å². The summed E-state index contributed by atoms with van der Waals surface area (Å²) in [6.07, 6.45) is 3.07. The third-order valence-corrected chi connectivity index (χ3v) is 6.31. The Kier molecular flexibility index (Phi) is 6.15. The molecule has 4 rings (SSSR count). The van der Waals surface area contributed by atoms with Crippen molar-refractivity contribution < 1.29 is 9.90 Å². The first-order chi connectivity index (χ1) is 15.3. The van der Waals surface area contributed by atoms with Crippen LogP contribution in [0.5, 0.6) is 0 Å². The van der Waals surface area contributed by atoms with Crippen LogP contribution in [-0.4, -0.2) is 41.6 Å². The fourth-order valence-electron chi connectivity index (χ4n) is 4.31. The summed E-state index contributed by atoms with van der Waals surface area (Å²) < 4.78 is 0. The lowest BCUT2D eigenvalue weighted by molar-refractivity contribution is 0.0697. The molecule has 1 atom stereocenters. The second-order valence-electron chi connectivity index (χ2n) is 8.73. The van der Waals surface area contributed by atoms with Crippen LogP contribution < -0.4 is 10.2 Å². The number of hydrogen-bond donors (Lipinski definition) is 2. The van der Waals surface area contributed by atoms with Gasteiger partial charge in [0.05, 0.1) is 23.5 Å².